The van der Waals surface area contributed by atoms with Gasteiger partial charge < -0.3 is 10.2 Å². The molecule has 118 valence electrons. The van der Waals surface area contributed by atoms with Crippen LogP contribution in [-0.2, 0) is 0 Å². The summed E-state index contributed by atoms with van der Waals surface area (Å²) in [6.45, 7) is 6.71. The smallest absolute Gasteiger partial charge is 0.0349 e. The molecule has 0 bridgehead atoms. The van der Waals surface area contributed by atoms with E-state index in [4.69, 9.17) is 0 Å². The van der Waals surface area contributed by atoms with E-state index in [0.717, 1.165) is 19.0 Å². The third-order valence-corrected chi connectivity index (χ3v) is 4.99. The van der Waals surface area contributed by atoms with Crippen LogP contribution in [0.15, 0.2) is 30.3 Å². The largest absolute Gasteiger partial charge is 0.308 e. The Kier molecular flexibility index (Phi) is 6.72. The van der Waals surface area contributed by atoms with E-state index in [2.05, 4.69) is 61.4 Å². The van der Waals surface area contributed by atoms with Gasteiger partial charge in [-0.05, 0) is 45.2 Å². The van der Waals surface area contributed by atoms with Crippen molar-refractivity contribution in [3.63, 3.8) is 0 Å². The molecule has 1 aromatic carbocycles. The Hall–Kier alpha value is -0.860. The fraction of sp³-hybridized carbons (Fsp3) is 0.684. The Morgan fingerprint density at radius 1 is 1.10 bits per heavy atom. The SMILES string of the molecule is CC(C)N(C)CCNC(c1ccccc1)C1CCCCC1. The van der Waals surface area contributed by atoms with Crippen LogP contribution in [-0.4, -0.2) is 31.1 Å². The molecular formula is C19H32N2. The highest BCUT2D eigenvalue weighted by Crippen LogP contribution is 2.34. The van der Waals surface area contributed by atoms with Crippen LogP contribution < -0.4 is 5.32 Å². The zero-order valence-electron chi connectivity index (χ0n) is 14.0. The van der Waals surface area contributed by atoms with Crippen molar-refractivity contribution in [2.75, 3.05) is 20.1 Å². The maximum absolute atomic E-state index is 3.85. The van der Waals surface area contributed by atoms with Crippen molar-refractivity contribution in [1.29, 1.82) is 0 Å². The summed E-state index contributed by atoms with van der Waals surface area (Å²) >= 11 is 0. The van der Waals surface area contributed by atoms with Crippen LogP contribution in [0.2, 0.25) is 0 Å². The quantitative estimate of drug-likeness (QED) is 0.807. The van der Waals surface area contributed by atoms with Crippen molar-refractivity contribution in [3.05, 3.63) is 35.9 Å². The molecule has 1 aliphatic rings. The van der Waals surface area contributed by atoms with Gasteiger partial charge in [0.1, 0.15) is 0 Å². The Balaban J connectivity index is 1.95. The van der Waals surface area contributed by atoms with E-state index in [1.165, 1.54) is 37.7 Å². The minimum atomic E-state index is 0.534. The third-order valence-electron chi connectivity index (χ3n) is 4.99. The molecule has 1 unspecified atom stereocenters. The van der Waals surface area contributed by atoms with Crippen LogP contribution in [0.4, 0.5) is 0 Å². The lowest BCUT2D eigenvalue weighted by atomic mass is 9.81. The predicted octanol–water partition coefficient (Wildman–Crippen LogP) is 4.24. The first-order valence-electron chi connectivity index (χ1n) is 8.67. The Labute approximate surface area is 130 Å². The van der Waals surface area contributed by atoms with Gasteiger partial charge in [-0.25, -0.2) is 0 Å². The number of nitrogens with zero attached hydrogens (tertiary/aromatic N) is 1. The Morgan fingerprint density at radius 2 is 1.76 bits per heavy atom. The molecule has 0 radical (unpaired) electrons. The highest BCUT2D eigenvalue weighted by molar-refractivity contribution is 5.20. The summed E-state index contributed by atoms with van der Waals surface area (Å²) < 4.78 is 0. The first-order valence-corrected chi connectivity index (χ1v) is 8.67. The number of nitrogens with one attached hydrogen (secondary N) is 1. The molecule has 2 nitrogen and oxygen atoms in total. The number of rotatable bonds is 7. The van der Waals surface area contributed by atoms with E-state index in [-0.39, 0.29) is 0 Å². The van der Waals surface area contributed by atoms with Crippen LogP contribution >= 0.6 is 0 Å². The zero-order chi connectivity index (χ0) is 15.1. The van der Waals surface area contributed by atoms with E-state index in [9.17, 15) is 0 Å². The van der Waals surface area contributed by atoms with Gasteiger partial charge in [-0.15, -0.1) is 0 Å². The first-order chi connectivity index (χ1) is 10.2. The lowest BCUT2D eigenvalue weighted by Crippen LogP contribution is -2.37. The van der Waals surface area contributed by atoms with Crippen LogP contribution in [0.1, 0.15) is 57.6 Å². The standard InChI is InChI=1S/C19H32N2/c1-16(2)21(3)15-14-20-19(17-10-6-4-7-11-17)18-12-8-5-9-13-18/h4,6-7,10-11,16,18-20H,5,8-9,12-15H2,1-3H3. The fourth-order valence-electron chi connectivity index (χ4n) is 3.34. The second-order valence-electron chi connectivity index (χ2n) is 6.81. The van der Waals surface area contributed by atoms with Gasteiger partial charge in [-0.3, -0.25) is 0 Å². The van der Waals surface area contributed by atoms with Crippen molar-refractivity contribution >= 4 is 0 Å². The Bertz CT molecular complexity index is 382. The third kappa shape index (κ3) is 5.12. The maximum Gasteiger partial charge on any atom is 0.0349 e. The normalized spacial score (nSPS) is 18.3. The molecule has 0 saturated heterocycles. The number of benzene rings is 1. The summed E-state index contributed by atoms with van der Waals surface area (Å²) in [5.74, 6) is 0.811. The number of hydrogen-bond acceptors (Lipinski definition) is 2. The highest BCUT2D eigenvalue weighted by atomic mass is 15.1. The summed E-state index contributed by atoms with van der Waals surface area (Å²) in [4.78, 5) is 2.41. The Morgan fingerprint density at radius 3 is 2.38 bits per heavy atom. The van der Waals surface area contributed by atoms with Crippen molar-refractivity contribution in [2.45, 2.75) is 58.0 Å². The van der Waals surface area contributed by atoms with Gasteiger partial charge in [0.2, 0.25) is 0 Å². The summed E-state index contributed by atoms with van der Waals surface area (Å²) in [7, 11) is 2.21. The minimum Gasteiger partial charge on any atom is -0.308 e. The van der Waals surface area contributed by atoms with Gasteiger partial charge in [0, 0.05) is 25.2 Å². The molecule has 0 amide bonds. The summed E-state index contributed by atoms with van der Waals surface area (Å²) in [5, 5.41) is 3.85. The molecule has 1 atom stereocenters. The molecule has 21 heavy (non-hydrogen) atoms. The van der Waals surface area contributed by atoms with Gasteiger partial charge in [0.15, 0.2) is 0 Å². The van der Waals surface area contributed by atoms with Crippen LogP contribution in [0.25, 0.3) is 0 Å². The lowest BCUT2D eigenvalue weighted by molar-refractivity contribution is 0.239. The second-order valence-corrected chi connectivity index (χ2v) is 6.81. The topological polar surface area (TPSA) is 15.3 Å². The van der Waals surface area contributed by atoms with Crippen LogP contribution in [0.5, 0.6) is 0 Å². The molecule has 2 rings (SSSR count). The van der Waals surface area contributed by atoms with Gasteiger partial charge in [0.05, 0.1) is 0 Å². The van der Waals surface area contributed by atoms with Gasteiger partial charge in [-0.2, -0.15) is 0 Å². The first kappa shape index (κ1) is 16.5. The van der Waals surface area contributed by atoms with Crippen molar-refractivity contribution in [2.24, 2.45) is 5.92 Å². The van der Waals surface area contributed by atoms with Gasteiger partial charge >= 0.3 is 0 Å². The average molecular weight is 288 g/mol. The summed E-state index contributed by atoms with van der Waals surface area (Å²) in [5.41, 5.74) is 1.47. The van der Waals surface area contributed by atoms with E-state index in [0.29, 0.717) is 12.1 Å². The molecule has 0 spiro atoms. The molecule has 1 saturated carbocycles. The van der Waals surface area contributed by atoms with Crippen molar-refractivity contribution in [3.8, 4) is 0 Å². The molecule has 0 aliphatic heterocycles. The molecule has 0 aromatic heterocycles. The number of likely N-dealkylation sites (N-methyl/N-ethyl adjacent to an activating group) is 1. The molecule has 0 heterocycles. The number of hydrogen-bond donors (Lipinski definition) is 1. The molecule has 1 N–H and O–H groups in total. The minimum absolute atomic E-state index is 0.534. The summed E-state index contributed by atoms with van der Waals surface area (Å²) in [6.07, 6.45) is 7.00. The lowest BCUT2D eigenvalue weighted by Gasteiger charge is -2.32. The summed E-state index contributed by atoms with van der Waals surface area (Å²) in [6, 6.07) is 12.2. The van der Waals surface area contributed by atoms with Crippen LogP contribution in [0, 0.1) is 5.92 Å². The van der Waals surface area contributed by atoms with Crippen molar-refractivity contribution in [1.82, 2.24) is 10.2 Å². The molecule has 2 heteroatoms. The average Bonchev–Trinajstić information content (AvgIpc) is 2.53. The molecular weight excluding hydrogens is 256 g/mol. The van der Waals surface area contributed by atoms with Crippen molar-refractivity contribution < 1.29 is 0 Å². The van der Waals surface area contributed by atoms with Gasteiger partial charge in [0.25, 0.3) is 0 Å². The monoisotopic (exact) mass is 288 g/mol. The van der Waals surface area contributed by atoms with E-state index >= 15 is 0 Å². The fourth-order valence-corrected chi connectivity index (χ4v) is 3.34. The zero-order valence-corrected chi connectivity index (χ0v) is 14.0. The second kappa shape index (κ2) is 8.55. The van der Waals surface area contributed by atoms with E-state index in [1.807, 2.05) is 0 Å². The maximum atomic E-state index is 3.85. The molecule has 1 aromatic rings. The van der Waals surface area contributed by atoms with E-state index in [1.54, 1.807) is 0 Å². The predicted molar refractivity (Wildman–Crippen MR) is 91.5 cm³/mol. The van der Waals surface area contributed by atoms with Gasteiger partial charge in [-0.1, -0.05) is 49.6 Å². The van der Waals surface area contributed by atoms with Crippen LogP contribution in [0.3, 0.4) is 0 Å². The molecule has 1 aliphatic carbocycles. The highest BCUT2D eigenvalue weighted by Gasteiger charge is 2.24. The molecule has 1 fully saturated rings. The van der Waals surface area contributed by atoms with E-state index < -0.39 is 0 Å².